The molecule has 1 aromatic carbocycles. The molecule has 0 aliphatic rings. The molecule has 84 valence electrons. The molecule has 0 spiro atoms. The number of esters is 1. The Kier molecular flexibility index (Phi) is 7.20. The predicted octanol–water partition coefficient (Wildman–Crippen LogP) is 1.79. The Morgan fingerprint density at radius 2 is 1.93 bits per heavy atom. The van der Waals surface area contributed by atoms with Gasteiger partial charge in [0.1, 0.15) is 0 Å². The van der Waals surface area contributed by atoms with Gasteiger partial charge in [0.05, 0.1) is 14.4 Å². The smallest absolute Gasteiger partial charge is 0.310 e. The van der Waals surface area contributed by atoms with Gasteiger partial charge in [-0.1, -0.05) is 30.3 Å². The standard InChI is InChI=1S/C10H12O2.C2H6O/c1-2-12-10(11)8-9-6-4-3-5-7-9;1-2-3/h3-7H,2,8H2,1H3;3H,2H2,1H3/i;2D. The quantitative estimate of drug-likeness (QED) is 0.775. The molecule has 0 bridgehead atoms. The molecular weight excluding hydrogens is 192 g/mol. The summed E-state index contributed by atoms with van der Waals surface area (Å²) in [6.07, 6.45) is 0.370. The molecule has 15 heavy (non-hydrogen) atoms. The van der Waals surface area contributed by atoms with Crippen molar-refractivity contribution in [2.45, 2.75) is 20.3 Å². The van der Waals surface area contributed by atoms with Crippen LogP contribution in [0.4, 0.5) is 0 Å². The van der Waals surface area contributed by atoms with Crippen molar-refractivity contribution in [2.75, 3.05) is 13.2 Å². The Balaban J connectivity index is 0.000000487. The van der Waals surface area contributed by atoms with E-state index in [0.29, 0.717) is 13.0 Å². The minimum Gasteiger partial charge on any atom is -0.466 e. The van der Waals surface area contributed by atoms with Crippen molar-refractivity contribution in [1.29, 1.82) is 0 Å². The molecule has 1 rings (SSSR count). The first-order chi connectivity index (χ1) is 7.56. The van der Waals surface area contributed by atoms with Gasteiger partial charge < -0.3 is 9.84 Å². The summed E-state index contributed by atoms with van der Waals surface area (Å²) < 4.78 is 10.9. The van der Waals surface area contributed by atoms with E-state index in [1.807, 2.05) is 37.3 Å². The maximum absolute atomic E-state index is 11.0. The number of carbonyl (C=O) groups is 1. The van der Waals surface area contributed by atoms with Crippen molar-refractivity contribution in [3.8, 4) is 0 Å². The van der Waals surface area contributed by atoms with Crippen LogP contribution in [-0.2, 0) is 16.0 Å². The number of aliphatic hydroxyl groups excluding tert-OH is 1. The van der Waals surface area contributed by atoms with E-state index in [-0.39, 0.29) is 5.97 Å². The number of hydrogen-bond donors (Lipinski definition) is 1. The number of benzene rings is 1. The molecule has 0 saturated carbocycles. The van der Waals surface area contributed by atoms with Crippen molar-refractivity contribution >= 4 is 5.97 Å². The van der Waals surface area contributed by atoms with Crippen molar-refractivity contribution in [3.63, 3.8) is 0 Å². The summed E-state index contributed by atoms with van der Waals surface area (Å²) in [5.41, 5.74) is 0.996. The summed E-state index contributed by atoms with van der Waals surface area (Å²) in [4.78, 5) is 11.0. The molecule has 0 radical (unpaired) electrons. The molecule has 3 heteroatoms. The van der Waals surface area contributed by atoms with Crippen LogP contribution in [-0.4, -0.2) is 24.3 Å². The highest BCUT2D eigenvalue weighted by molar-refractivity contribution is 5.72. The number of hydrogen-bond acceptors (Lipinski definition) is 3. The Bertz CT molecular complexity index is 283. The zero-order valence-corrected chi connectivity index (χ0v) is 9.14. The van der Waals surface area contributed by atoms with Gasteiger partial charge in [0.15, 0.2) is 0 Å². The van der Waals surface area contributed by atoms with Crippen LogP contribution in [0.1, 0.15) is 20.8 Å². The summed E-state index contributed by atoms with van der Waals surface area (Å²) in [6, 6.07) is 9.58. The fourth-order valence-corrected chi connectivity index (χ4v) is 0.975. The molecule has 1 aromatic rings. The lowest BCUT2D eigenvalue weighted by atomic mass is 10.2. The maximum Gasteiger partial charge on any atom is 0.310 e. The van der Waals surface area contributed by atoms with Crippen LogP contribution in [0.15, 0.2) is 30.3 Å². The van der Waals surface area contributed by atoms with Crippen LogP contribution in [0, 0.1) is 0 Å². The molecule has 1 atom stereocenters. The second-order valence-corrected chi connectivity index (χ2v) is 2.73. The molecule has 0 saturated heterocycles. The first kappa shape index (κ1) is 11.7. The lowest BCUT2D eigenvalue weighted by Gasteiger charge is -2.00. The molecule has 0 amide bonds. The van der Waals surface area contributed by atoms with Crippen molar-refractivity contribution in [3.05, 3.63) is 35.9 Å². The van der Waals surface area contributed by atoms with E-state index in [1.54, 1.807) is 0 Å². The molecular formula is C12H18O3. The van der Waals surface area contributed by atoms with E-state index in [4.69, 9.17) is 11.2 Å². The SMILES string of the molecule is CCOC(=O)Cc1ccccc1.[2H]C(C)O. The maximum atomic E-state index is 11.0. The zero-order valence-electron chi connectivity index (χ0n) is 10.1. The van der Waals surface area contributed by atoms with E-state index in [2.05, 4.69) is 0 Å². The Morgan fingerprint density at radius 1 is 1.40 bits per heavy atom. The number of rotatable bonds is 3. The normalized spacial score (nSPS) is 11.8. The zero-order chi connectivity index (χ0) is 12.4. The van der Waals surface area contributed by atoms with Gasteiger partial charge in [0.25, 0.3) is 0 Å². The minimum absolute atomic E-state index is 0.163. The van der Waals surface area contributed by atoms with E-state index in [9.17, 15) is 4.79 Å². The van der Waals surface area contributed by atoms with Crippen LogP contribution in [0.3, 0.4) is 0 Å². The van der Waals surface area contributed by atoms with Crippen LogP contribution in [0.2, 0.25) is 0 Å². The molecule has 0 aliphatic heterocycles. The molecule has 1 unspecified atom stereocenters. The topological polar surface area (TPSA) is 46.5 Å². The monoisotopic (exact) mass is 211 g/mol. The number of carbonyl (C=O) groups excluding carboxylic acids is 1. The van der Waals surface area contributed by atoms with Gasteiger partial charge in [-0.05, 0) is 19.4 Å². The van der Waals surface area contributed by atoms with E-state index >= 15 is 0 Å². The highest BCUT2D eigenvalue weighted by Crippen LogP contribution is 2.00. The molecule has 3 nitrogen and oxygen atoms in total. The molecule has 0 fully saturated rings. The largest absolute Gasteiger partial charge is 0.466 e. The van der Waals surface area contributed by atoms with Crippen molar-refractivity contribution < 1.29 is 16.0 Å². The third-order valence-corrected chi connectivity index (χ3v) is 1.50. The highest BCUT2D eigenvalue weighted by Gasteiger charge is 2.01. The van der Waals surface area contributed by atoms with Gasteiger partial charge in [0, 0.05) is 6.58 Å². The van der Waals surface area contributed by atoms with E-state index in [0.717, 1.165) is 5.56 Å². The predicted molar refractivity (Wildman–Crippen MR) is 59.5 cm³/mol. The summed E-state index contributed by atoms with van der Waals surface area (Å²) >= 11 is 0. The first-order valence-electron chi connectivity index (χ1n) is 5.43. The van der Waals surface area contributed by atoms with E-state index < -0.39 is 6.58 Å². The van der Waals surface area contributed by atoms with Gasteiger partial charge in [-0.25, -0.2) is 0 Å². The Labute approximate surface area is 92.1 Å². The van der Waals surface area contributed by atoms with Gasteiger partial charge in [0.2, 0.25) is 0 Å². The summed E-state index contributed by atoms with van der Waals surface area (Å²) in [5.74, 6) is -0.163. The summed E-state index contributed by atoms with van der Waals surface area (Å²) in [5, 5.41) is 7.72. The van der Waals surface area contributed by atoms with Crippen molar-refractivity contribution in [1.82, 2.24) is 0 Å². The highest BCUT2D eigenvalue weighted by atomic mass is 16.5. The van der Waals surface area contributed by atoms with Crippen LogP contribution in [0.25, 0.3) is 0 Å². The lowest BCUT2D eigenvalue weighted by Crippen LogP contribution is -2.06. The average Bonchev–Trinajstić information content (AvgIpc) is 2.18. The Morgan fingerprint density at radius 3 is 2.40 bits per heavy atom. The number of ether oxygens (including phenoxy) is 1. The van der Waals surface area contributed by atoms with Gasteiger partial charge in [-0.15, -0.1) is 0 Å². The average molecular weight is 211 g/mol. The van der Waals surface area contributed by atoms with Crippen molar-refractivity contribution in [2.24, 2.45) is 0 Å². The lowest BCUT2D eigenvalue weighted by molar-refractivity contribution is -0.142. The summed E-state index contributed by atoms with van der Waals surface area (Å²) in [7, 11) is 0. The van der Waals surface area contributed by atoms with E-state index in [1.165, 1.54) is 6.92 Å². The third-order valence-electron chi connectivity index (χ3n) is 1.50. The second kappa shape index (κ2) is 9.21. The van der Waals surface area contributed by atoms with Crippen LogP contribution in [0.5, 0.6) is 0 Å². The fraction of sp³-hybridized carbons (Fsp3) is 0.417. The first-order valence-corrected chi connectivity index (χ1v) is 4.86. The van der Waals surface area contributed by atoms with Crippen LogP contribution >= 0.6 is 0 Å². The minimum atomic E-state index is -0.917. The fourth-order valence-electron chi connectivity index (χ4n) is 0.975. The Hall–Kier alpha value is -1.35. The van der Waals surface area contributed by atoms with Crippen LogP contribution < -0.4 is 0 Å². The molecule has 0 heterocycles. The molecule has 0 aromatic heterocycles. The molecule has 1 N–H and O–H groups in total. The number of aliphatic hydroxyl groups is 1. The third kappa shape index (κ3) is 7.70. The summed E-state index contributed by atoms with van der Waals surface area (Å²) in [6.45, 7) is 2.73. The van der Waals surface area contributed by atoms with Gasteiger partial charge in [-0.2, -0.15) is 0 Å². The van der Waals surface area contributed by atoms with Gasteiger partial charge >= 0.3 is 5.97 Å². The second-order valence-electron chi connectivity index (χ2n) is 2.73. The molecule has 0 aliphatic carbocycles. The van der Waals surface area contributed by atoms with Gasteiger partial charge in [-0.3, -0.25) is 4.79 Å².